The highest BCUT2D eigenvalue weighted by atomic mass is 35.5. The number of hydrogen-bond donors (Lipinski definition) is 1. The topological polar surface area (TPSA) is 100 Å². The number of aryl methyl sites for hydroxylation is 1. The van der Waals surface area contributed by atoms with Crippen LogP contribution >= 0.6 is 23.2 Å². The van der Waals surface area contributed by atoms with E-state index in [1.54, 1.807) is 54.2 Å². The van der Waals surface area contributed by atoms with Gasteiger partial charge >= 0.3 is 5.97 Å². The smallest absolute Gasteiger partial charge is 0.338 e. The van der Waals surface area contributed by atoms with E-state index in [0.29, 0.717) is 39.3 Å². The predicted octanol–water partition coefficient (Wildman–Crippen LogP) is 5.13. The number of nitrogens with zero attached hydrogens (tertiary/aromatic N) is 4. The van der Waals surface area contributed by atoms with Crippen molar-refractivity contribution >= 4 is 40.8 Å². The van der Waals surface area contributed by atoms with E-state index in [4.69, 9.17) is 32.7 Å². The standard InChI is InChI=1S/C25H23Cl2N5O4/c1-15-23(16(2)32(29-15)13-17-6-4-5-7-19(17)25(34)35-3)28-24(33)21-10-11-31(30-21)14-36-22-9-8-18(26)12-20(22)27/h4-12H,13-14H2,1-3H3,(H,28,33). The lowest BCUT2D eigenvalue weighted by atomic mass is 10.1. The van der Waals surface area contributed by atoms with Crippen LogP contribution in [-0.2, 0) is 18.0 Å². The third-order valence-electron chi connectivity index (χ3n) is 5.48. The number of ether oxygens (including phenoxy) is 2. The molecule has 0 bridgehead atoms. The first kappa shape index (κ1) is 25.3. The summed E-state index contributed by atoms with van der Waals surface area (Å²) in [5.41, 5.74) is 3.38. The monoisotopic (exact) mass is 527 g/mol. The number of esters is 1. The van der Waals surface area contributed by atoms with Gasteiger partial charge in [-0.15, -0.1) is 0 Å². The van der Waals surface area contributed by atoms with E-state index in [-0.39, 0.29) is 18.3 Å². The van der Waals surface area contributed by atoms with Crippen LogP contribution in [0.3, 0.4) is 0 Å². The van der Waals surface area contributed by atoms with Crippen molar-refractivity contribution in [1.29, 1.82) is 0 Å². The normalized spacial score (nSPS) is 10.8. The maximum Gasteiger partial charge on any atom is 0.338 e. The molecule has 0 radical (unpaired) electrons. The van der Waals surface area contributed by atoms with Crippen molar-refractivity contribution in [1.82, 2.24) is 19.6 Å². The van der Waals surface area contributed by atoms with Crippen molar-refractivity contribution in [3.8, 4) is 5.75 Å². The molecule has 0 aliphatic heterocycles. The van der Waals surface area contributed by atoms with Crippen molar-refractivity contribution in [2.24, 2.45) is 0 Å². The summed E-state index contributed by atoms with van der Waals surface area (Å²) < 4.78 is 13.7. The molecule has 9 nitrogen and oxygen atoms in total. The van der Waals surface area contributed by atoms with Crippen LogP contribution in [0, 0.1) is 13.8 Å². The lowest BCUT2D eigenvalue weighted by Gasteiger charge is -2.10. The number of amides is 1. The molecule has 2 aromatic carbocycles. The number of carbonyl (C=O) groups excluding carboxylic acids is 2. The van der Waals surface area contributed by atoms with Gasteiger partial charge in [-0.25, -0.2) is 9.48 Å². The Kier molecular flexibility index (Phi) is 7.61. The minimum Gasteiger partial charge on any atom is -0.470 e. The third-order valence-corrected chi connectivity index (χ3v) is 6.01. The molecular weight excluding hydrogens is 505 g/mol. The molecule has 2 heterocycles. The van der Waals surface area contributed by atoms with E-state index in [1.165, 1.54) is 11.8 Å². The molecule has 2 aromatic heterocycles. The van der Waals surface area contributed by atoms with Gasteiger partial charge in [-0.1, -0.05) is 41.4 Å². The second kappa shape index (κ2) is 10.8. The first-order valence-corrected chi connectivity index (χ1v) is 11.6. The quantitative estimate of drug-likeness (QED) is 0.319. The molecular formula is C25H23Cl2N5O4. The molecule has 0 spiro atoms. The Hall–Kier alpha value is -3.82. The van der Waals surface area contributed by atoms with Gasteiger partial charge in [0.15, 0.2) is 12.4 Å². The van der Waals surface area contributed by atoms with Gasteiger partial charge in [0.1, 0.15) is 5.75 Å². The third kappa shape index (κ3) is 5.53. The van der Waals surface area contributed by atoms with Gasteiger partial charge < -0.3 is 14.8 Å². The maximum atomic E-state index is 12.9. The van der Waals surface area contributed by atoms with Crippen LogP contribution in [0.4, 0.5) is 5.69 Å². The molecule has 0 unspecified atom stereocenters. The van der Waals surface area contributed by atoms with Crippen LogP contribution in [0.25, 0.3) is 0 Å². The Balaban J connectivity index is 1.45. The highest BCUT2D eigenvalue weighted by Crippen LogP contribution is 2.28. The van der Waals surface area contributed by atoms with Crippen LogP contribution < -0.4 is 10.1 Å². The maximum absolute atomic E-state index is 12.9. The molecule has 1 amide bonds. The first-order valence-electron chi connectivity index (χ1n) is 10.9. The van der Waals surface area contributed by atoms with Gasteiger partial charge in [0.2, 0.25) is 0 Å². The van der Waals surface area contributed by atoms with Crippen molar-refractivity contribution in [3.05, 3.63) is 93.0 Å². The number of methoxy groups -OCH3 is 1. The van der Waals surface area contributed by atoms with Gasteiger partial charge in [-0.05, 0) is 49.7 Å². The van der Waals surface area contributed by atoms with Gasteiger partial charge in [-0.2, -0.15) is 10.2 Å². The second-order valence-corrected chi connectivity index (χ2v) is 8.74. The predicted molar refractivity (Wildman–Crippen MR) is 136 cm³/mol. The summed E-state index contributed by atoms with van der Waals surface area (Å²) in [7, 11) is 1.34. The van der Waals surface area contributed by atoms with E-state index in [9.17, 15) is 9.59 Å². The van der Waals surface area contributed by atoms with E-state index in [1.807, 2.05) is 19.1 Å². The lowest BCUT2D eigenvalue weighted by molar-refractivity contribution is 0.0599. The average Bonchev–Trinajstić information content (AvgIpc) is 3.44. The van der Waals surface area contributed by atoms with Crippen molar-refractivity contribution in [2.75, 3.05) is 12.4 Å². The van der Waals surface area contributed by atoms with Gasteiger partial charge in [0.25, 0.3) is 5.91 Å². The number of hydrogen-bond acceptors (Lipinski definition) is 6. The van der Waals surface area contributed by atoms with Crippen molar-refractivity contribution in [2.45, 2.75) is 27.1 Å². The Morgan fingerprint density at radius 3 is 2.58 bits per heavy atom. The zero-order chi connectivity index (χ0) is 25.8. The zero-order valence-electron chi connectivity index (χ0n) is 19.8. The second-order valence-electron chi connectivity index (χ2n) is 7.89. The fraction of sp³-hybridized carbons (Fsp3) is 0.200. The summed E-state index contributed by atoms with van der Waals surface area (Å²) in [4.78, 5) is 25.0. The number of nitrogens with one attached hydrogen (secondary N) is 1. The highest BCUT2D eigenvalue weighted by molar-refractivity contribution is 6.35. The Morgan fingerprint density at radius 2 is 1.83 bits per heavy atom. The molecule has 36 heavy (non-hydrogen) atoms. The van der Waals surface area contributed by atoms with Gasteiger partial charge in [-0.3, -0.25) is 9.48 Å². The number of carbonyl (C=O) groups is 2. The molecule has 0 saturated carbocycles. The Bertz CT molecular complexity index is 1430. The fourth-order valence-corrected chi connectivity index (χ4v) is 4.08. The summed E-state index contributed by atoms with van der Waals surface area (Å²) in [5.74, 6) is -0.354. The molecule has 186 valence electrons. The molecule has 11 heteroatoms. The summed E-state index contributed by atoms with van der Waals surface area (Å²) in [5, 5.41) is 12.6. The summed E-state index contributed by atoms with van der Waals surface area (Å²) in [6, 6.07) is 13.7. The van der Waals surface area contributed by atoms with Gasteiger partial charge in [0, 0.05) is 11.2 Å². The van der Waals surface area contributed by atoms with Crippen LogP contribution in [0.2, 0.25) is 10.0 Å². The molecule has 4 rings (SSSR count). The highest BCUT2D eigenvalue weighted by Gasteiger charge is 2.19. The van der Waals surface area contributed by atoms with Gasteiger partial charge in [0.05, 0.1) is 41.3 Å². The van der Waals surface area contributed by atoms with Crippen LogP contribution in [-0.4, -0.2) is 38.5 Å². The summed E-state index contributed by atoms with van der Waals surface area (Å²) in [6.07, 6.45) is 1.63. The van der Waals surface area contributed by atoms with E-state index in [2.05, 4.69) is 15.5 Å². The van der Waals surface area contributed by atoms with Crippen molar-refractivity contribution < 1.29 is 19.1 Å². The zero-order valence-corrected chi connectivity index (χ0v) is 21.3. The molecule has 0 atom stereocenters. The SMILES string of the molecule is COC(=O)c1ccccc1Cn1nc(C)c(NC(=O)c2ccn(COc3ccc(Cl)cc3Cl)n2)c1C. The summed E-state index contributed by atoms with van der Waals surface area (Å²) >= 11 is 12.0. The molecule has 0 aliphatic rings. The summed E-state index contributed by atoms with van der Waals surface area (Å²) in [6.45, 7) is 4.05. The van der Waals surface area contributed by atoms with Crippen LogP contribution in [0.1, 0.15) is 37.8 Å². The largest absolute Gasteiger partial charge is 0.470 e. The van der Waals surface area contributed by atoms with E-state index < -0.39 is 5.97 Å². The number of benzene rings is 2. The fourth-order valence-electron chi connectivity index (χ4n) is 3.62. The molecule has 0 fully saturated rings. The van der Waals surface area contributed by atoms with Crippen molar-refractivity contribution in [3.63, 3.8) is 0 Å². The van der Waals surface area contributed by atoms with E-state index >= 15 is 0 Å². The molecule has 4 aromatic rings. The minimum atomic E-state index is -0.418. The molecule has 0 saturated heterocycles. The number of aromatic nitrogens is 4. The number of halogens is 2. The Labute approximate surface area is 217 Å². The van der Waals surface area contributed by atoms with Crippen LogP contribution in [0.15, 0.2) is 54.7 Å². The lowest BCUT2D eigenvalue weighted by Crippen LogP contribution is -2.15. The van der Waals surface area contributed by atoms with Crippen LogP contribution in [0.5, 0.6) is 5.75 Å². The average molecular weight is 528 g/mol. The van der Waals surface area contributed by atoms with E-state index in [0.717, 1.165) is 11.3 Å². The minimum absolute atomic E-state index is 0.0597. The number of rotatable bonds is 8. The number of anilines is 1. The Morgan fingerprint density at radius 1 is 1.06 bits per heavy atom. The first-order chi connectivity index (χ1) is 17.3. The molecule has 1 N–H and O–H groups in total. The molecule has 0 aliphatic carbocycles.